The predicted molar refractivity (Wildman–Crippen MR) is 46.9 cm³/mol. The van der Waals surface area contributed by atoms with Gasteiger partial charge in [-0.2, -0.15) is 17.4 Å². The molecule has 0 heterocycles. The number of hydrogen-bond donors (Lipinski definition) is 2. The second-order valence-electron chi connectivity index (χ2n) is 2.69. The first-order valence-corrected chi connectivity index (χ1v) is 5.18. The molecule has 0 bridgehead atoms. The van der Waals surface area contributed by atoms with Crippen molar-refractivity contribution in [3.05, 3.63) is 0 Å². The first-order chi connectivity index (χ1) is 5.44. The van der Waals surface area contributed by atoms with E-state index < -0.39 is 16.3 Å². The lowest BCUT2D eigenvalue weighted by Crippen LogP contribution is -2.43. The minimum atomic E-state index is -3.40. The van der Waals surface area contributed by atoms with E-state index in [1.807, 2.05) is 0 Å². The molecule has 0 radical (unpaired) electrons. The van der Waals surface area contributed by atoms with Crippen LogP contribution in [0.25, 0.3) is 0 Å². The lowest BCUT2D eigenvalue weighted by Gasteiger charge is -2.17. The summed E-state index contributed by atoms with van der Waals surface area (Å²) in [5.74, 6) is 0. The molecule has 0 aliphatic carbocycles. The maximum Gasteiger partial charge on any atom is 0.279 e. The van der Waals surface area contributed by atoms with E-state index >= 15 is 0 Å². The van der Waals surface area contributed by atoms with Gasteiger partial charge < -0.3 is 5.11 Å². The summed E-state index contributed by atoms with van der Waals surface area (Å²) in [7, 11) is -0.524. The summed E-state index contributed by atoms with van der Waals surface area (Å²) in [6, 6.07) is -0.391. The lowest BCUT2D eigenvalue weighted by molar-refractivity contribution is 0.252. The summed E-state index contributed by atoms with van der Waals surface area (Å²) in [5.41, 5.74) is 0. The molecule has 0 fully saturated rings. The number of nitrogens with one attached hydrogen (secondary N) is 1. The number of hydrogen-bond acceptors (Lipinski definition) is 3. The van der Waals surface area contributed by atoms with Crippen molar-refractivity contribution < 1.29 is 13.5 Å². The molecule has 0 rings (SSSR count). The molecule has 0 aromatic rings. The summed E-state index contributed by atoms with van der Waals surface area (Å²) in [4.78, 5) is 0. The van der Waals surface area contributed by atoms with E-state index in [1.54, 1.807) is 6.92 Å². The molecule has 2 N–H and O–H groups in total. The minimum absolute atomic E-state index is 0.177. The van der Waals surface area contributed by atoms with E-state index in [9.17, 15) is 8.42 Å². The van der Waals surface area contributed by atoms with Gasteiger partial charge in [0.05, 0.1) is 6.61 Å². The fourth-order valence-electron chi connectivity index (χ4n) is 0.566. The maximum absolute atomic E-state index is 11.2. The molecule has 0 amide bonds. The smallest absolute Gasteiger partial charge is 0.279 e. The van der Waals surface area contributed by atoms with Crippen LogP contribution >= 0.6 is 0 Å². The average Bonchev–Trinajstić information content (AvgIpc) is 2.00. The highest BCUT2D eigenvalue weighted by atomic mass is 32.2. The summed E-state index contributed by atoms with van der Waals surface area (Å²) in [5, 5.41) is 8.73. The monoisotopic (exact) mass is 196 g/mol. The standard InChI is InChI=1S/C6H16N2O3S/c1-4-6(5-9)7-12(10,11)8(2)3/h6-7,9H,4-5H2,1-3H3/t6-/m0/s1. The summed E-state index contributed by atoms with van der Waals surface area (Å²) >= 11 is 0. The fourth-order valence-corrected chi connectivity index (χ4v) is 1.44. The molecule has 5 nitrogen and oxygen atoms in total. The number of nitrogens with zero attached hydrogens (tertiary/aromatic N) is 1. The highest BCUT2D eigenvalue weighted by Crippen LogP contribution is 1.95. The molecular weight excluding hydrogens is 180 g/mol. The van der Waals surface area contributed by atoms with Crippen molar-refractivity contribution in [2.45, 2.75) is 19.4 Å². The predicted octanol–water partition coefficient (Wildman–Crippen LogP) is -0.847. The molecule has 1 atom stereocenters. The number of rotatable bonds is 5. The molecule has 0 aromatic heterocycles. The lowest BCUT2D eigenvalue weighted by atomic mass is 10.3. The van der Waals surface area contributed by atoms with Crippen LogP contribution in [0.15, 0.2) is 0 Å². The van der Waals surface area contributed by atoms with E-state index in [4.69, 9.17) is 5.11 Å². The van der Waals surface area contributed by atoms with Crippen LogP contribution in [0.2, 0.25) is 0 Å². The highest BCUT2D eigenvalue weighted by Gasteiger charge is 2.17. The average molecular weight is 196 g/mol. The summed E-state index contributed by atoms with van der Waals surface area (Å²) < 4.78 is 25.7. The molecule has 0 unspecified atom stereocenters. The number of aliphatic hydroxyl groups excluding tert-OH is 1. The van der Waals surface area contributed by atoms with E-state index in [2.05, 4.69) is 4.72 Å². The van der Waals surface area contributed by atoms with Crippen molar-refractivity contribution in [3.8, 4) is 0 Å². The zero-order valence-corrected chi connectivity index (χ0v) is 8.43. The van der Waals surface area contributed by atoms with Crippen LogP contribution in [0.4, 0.5) is 0 Å². The number of aliphatic hydroxyl groups is 1. The topological polar surface area (TPSA) is 69.6 Å². The van der Waals surface area contributed by atoms with Gasteiger partial charge in [-0.3, -0.25) is 0 Å². The van der Waals surface area contributed by atoms with Crippen LogP contribution in [-0.4, -0.2) is 44.6 Å². The second-order valence-corrected chi connectivity index (χ2v) is 4.61. The van der Waals surface area contributed by atoms with Gasteiger partial charge in [0.15, 0.2) is 0 Å². The van der Waals surface area contributed by atoms with Crippen molar-refractivity contribution in [2.24, 2.45) is 0 Å². The molecular formula is C6H16N2O3S. The van der Waals surface area contributed by atoms with Crippen LogP contribution in [-0.2, 0) is 10.2 Å². The van der Waals surface area contributed by atoms with E-state index in [0.717, 1.165) is 4.31 Å². The largest absolute Gasteiger partial charge is 0.395 e. The van der Waals surface area contributed by atoms with Gasteiger partial charge in [-0.25, -0.2) is 0 Å². The Morgan fingerprint density at radius 2 is 2.00 bits per heavy atom. The third-order valence-corrected chi connectivity index (χ3v) is 3.10. The Morgan fingerprint density at radius 1 is 1.50 bits per heavy atom. The van der Waals surface area contributed by atoms with Gasteiger partial charge in [0.25, 0.3) is 10.2 Å². The maximum atomic E-state index is 11.2. The van der Waals surface area contributed by atoms with E-state index in [-0.39, 0.29) is 6.61 Å². The Bertz CT molecular complexity index is 209. The first-order valence-electron chi connectivity index (χ1n) is 3.74. The van der Waals surface area contributed by atoms with Gasteiger partial charge >= 0.3 is 0 Å². The van der Waals surface area contributed by atoms with Gasteiger partial charge in [0.1, 0.15) is 0 Å². The van der Waals surface area contributed by atoms with Gasteiger partial charge in [-0.05, 0) is 6.42 Å². The Labute approximate surface area is 73.6 Å². The fraction of sp³-hybridized carbons (Fsp3) is 1.00. The van der Waals surface area contributed by atoms with Gasteiger partial charge in [-0.15, -0.1) is 0 Å². The summed E-state index contributed by atoms with van der Waals surface area (Å²) in [6.45, 7) is 1.63. The van der Waals surface area contributed by atoms with Crippen molar-refractivity contribution in [1.82, 2.24) is 9.03 Å². The van der Waals surface area contributed by atoms with Crippen molar-refractivity contribution in [1.29, 1.82) is 0 Å². The van der Waals surface area contributed by atoms with Crippen LogP contribution in [0.5, 0.6) is 0 Å². The SMILES string of the molecule is CC[C@@H](CO)NS(=O)(=O)N(C)C. The van der Waals surface area contributed by atoms with Gasteiger partial charge in [0.2, 0.25) is 0 Å². The third-order valence-electron chi connectivity index (χ3n) is 1.51. The third kappa shape index (κ3) is 3.48. The van der Waals surface area contributed by atoms with Crippen molar-refractivity contribution >= 4 is 10.2 Å². The second kappa shape index (κ2) is 4.76. The minimum Gasteiger partial charge on any atom is -0.395 e. The normalized spacial score (nSPS) is 15.1. The van der Waals surface area contributed by atoms with Crippen LogP contribution in [0.3, 0.4) is 0 Å². The van der Waals surface area contributed by atoms with Crippen LogP contribution < -0.4 is 4.72 Å². The zero-order valence-electron chi connectivity index (χ0n) is 7.61. The van der Waals surface area contributed by atoms with Crippen LogP contribution in [0.1, 0.15) is 13.3 Å². The zero-order chi connectivity index (χ0) is 9.78. The van der Waals surface area contributed by atoms with E-state index in [1.165, 1.54) is 14.1 Å². The van der Waals surface area contributed by atoms with Crippen molar-refractivity contribution in [3.63, 3.8) is 0 Å². The molecule has 0 aliphatic rings. The molecule has 0 saturated carbocycles. The first kappa shape index (κ1) is 11.8. The summed E-state index contributed by atoms with van der Waals surface area (Å²) in [6.07, 6.45) is 0.573. The van der Waals surface area contributed by atoms with Gasteiger partial charge in [0, 0.05) is 20.1 Å². The quantitative estimate of drug-likeness (QED) is 0.602. The van der Waals surface area contributed by atoms with E-state index in [0.29, 0.717) is 6.42 Å². The molecule has 0 aliphatic heterocycles. The Balaban J connectivity index is 4.23. The molecule has 0 spiro atoms. The molecule has 0 saturated heterocycles. The van der Waals surface area contributed by atoms with Crippen molar-refractivity contribution in [2.75, 3.05) is 20.7 Å². The van der Waals surface area contributed by atoms with Gasteiger partial charge in [-0.1, -0.05) is 6.92 Å². The van der Waals surface area contributed by atoms with Crippen LogP contribution in [0, 0.1) is 0 Å². The Kier molecular flexibility index (Phi) is 4.69. The Hall–Kier alpha value is -0.170. The molecule has 74 valence electrons. The molecule has 12 heavy (non-hydrogen) atoms. The molecule has 6 heteroatoms. The highest BCUT2D eigenvalue weighted by molar-refractivity contribution is 7.87. The Morgan fingerprint density at radius 3 is 2.25 bits per heavy atom. The molecule has 0 aromatic carbocycles.